The molecule has 1 amide bonds. The second kappa shape index (κ2) is 12.6. The fourth-order valence-electron chi connectivity index (χ4n) is 4.69. The molecule has 2 heterocycles. The highest BCUT2D eigenvalue weighted by Gasteiger charge is 2.19. The van der Waals surface area contributed by atoms with E-state index in [4.69, 9.17) is 23.6 Å². The number of benzene rings is 4. The van der Waals surface area contributed by atoms with Gasteiger partial charge in [-0.15, -0.1) is 0 Å². The van der Waals surface area contributed by atoms with Crippen molar-refractivity contribution in [2.75, 3.05) is 26.1 Å². The molecule has 0 saturated carbocycles. The first-order valence-electron chi connectivity index (χ1n) is 13.5. The lowest BCUT2D eigenvalue weighted by atomic mass is 10.2. The van der Waals surface area contributed by atoms with Crippen LogP contribution in [0.2, 0.25) is 0 Å². The maximum absolute atomic E-state index is 13.7. The summed E-state index contributed by atoms with van der Waals surface area (Å²) in [7, 11) is 3.02. The van der Waals surface area contributed by atoms with Crippen molar-refractivity contribution in [3.8, 4) is 28.8 Å². The molecule has 0 aliphatic carbocycles. The van der Waals surface area contributed by atoms with Gasteiger partial charge in [0.2, 0.25) is 5.82 Å². The molecule has 0 aliphatic heterocycles. The summed E-state index contributed by atoms with van der Waals surface area (Å²) in [6, 6.07) is 23.0. The number of carbonyl (C=O) groups is 1. The standard InChI is InChI=1S/C33H24BrFN4O6/c1-42-26-11-6-12-27-23(26)16-29(45-27)32-38-25-10-4-3-9-22(25)33(41)39(32)36-17-19-13-24(34)31(28(14-19)43-2)44-18-30(40)37-21-8-5-7-20(35)15-21/h3-17H,18H2,1-2H3,(H,37,40). The van der Waals surface area contributed by atoms with Crippen LogP contribution in [0.15, 0.2) is 104 Å². The van der Waals surface area contributed by atoms with Gasteiger partial charge in [0.15, 0.2) is 23.9 Å². The van der Waals surface area contributed by atoms with Gasteiger partial charge in [0.25, 0.3) is 11.5 Å². The third-order valence-corrected chi connectivity index (χ3v) is 7.33. The number of hydrogen-bond donors (Lipinski definition) is 1. The number of methoxy groups -OCH3 is 2. The van der Waals surface area contributed by atoms with Gasteiger partial charge in [0, 0.05) is 5.69 Å². The molecule has 0 fully saturated rings. The van der Waals surface area contributed by atoms with Gasteiger partial charge in [-0.2, -0.15) is 9.78 Å². The van der Waals surface area contributed by atoms with Gasteiger partial charge in [0.1, 0.15) is 17.1 Å². The Hall–Kier alpha value is -5.49. The number of amides is 1. The van der Waals surface area contributed by atoms with E-state index in [9.17, 15) is 14.0 Å². The van der Waals surface area contributed by atoms with E-state index in [-0.39, 0.29) is 18.2 Å². The van der Waals surface area contributed by atoms with E-state index in [2.05, 4.69) is 26.3 Å². The van der Waals surface area contributed by atoms with Crippen molar-refractivity contribution in [3.63, 3.8) is 0 Å². The number of furan rings is 1. The van der Waals surface area contributed by atoms with Crippen LogP contribution in [0.25, 0.3) is 33.5 Å². The quantitative estimate of drug-likeness (QED) is 0.172. The molecule has 0 radical (unpaired) electrons. The summed E-state index contributed by atoms with van der Waals surface area (Å²) >= 11 is 3.47. The van der Waals surface area contributed by atoms with Gasteiger partial charge >= 0.3 is 0 Å². The minimum absolute atomic E-state index is 0.198. The number of rotatable bonds is 9. The molecule has 1 N–H and O–H groups in total. The van der Waals surface area contributed by atoms with Gasteiger partial charge in [-0.05, 0) is 82.2 Å². The third kappa shape index (κ3) is 6.13. The normalized spacial score (nSPS) is 11.3. The van der Waals surface area contributed by atoms with Crippen LogP contribution in [0.3, 0.4) is 0 Å². The lowest BCUT2D eigenvalue weighted by molar-refractivity contribution is -0.118. The average Bonchev–Trinajstić information content (AvgIpc) is 3.48. The molecule has 6 rings (SSSR count). The van der Waals surface area contributed by atoms with Crippen molar-refractivity contribution in [3.05, 3.63) is 111 Å². The van der Waals surface area contributed by atoms with Crippen LogP contribution < -0.4 is 25.1 Å². The first kappa shape index (κ1) is 29.6. The van der Waals surface area contributed by atoms with Crippen LogP contribution in [0.1, 0.15) is 5.56 Å². The number of nitrogens with one attached hydrogen (secondary N) is 1. The van der Waals surface area contributed by atoms with E-state index in [1.54, 1.807) is 61.7 Å². The molecule has 0 saturated heterocycles. The monoisotopic (exact) mass is 670 g/mol. The minimum atomic E-state index is -0.487. The summed E-state index contributed by atoms with van der Waals surface area (Å²) < 4.78 is 37.9. The number of halogens is 2. The van der Waals surface area contributed by atoms with Crippen molar-refractivity contribution < 1.29 is 27.8 Å². The van der Waals surface area contributed by atoms with Gasteiger partial charge in [-0.3, -0.25) is 9.59 Å². The number of ether oxygens (including phenoxy) is 3. The molecule has 2 aromatic heterocycles. The van der Waals surface area contributed by atoms with Gasteiger partial charge in [-0.1, -0.05) is 24.3 Å². The highest BCUT2D eigenvalue weighted by molar-refractivity contribution is 9.10. The first-order chi connectivity index (χ1) is 21.8. The summed E-state index contributed by atoms with van der Waals surface area (Å²) in [4.78, 5) is 30.8. The lowest BCUT2D eigenvalue weighted by Gasteiger charge is -2.13. The summed E-state index contributed by atoms with van der Waals surface area (Å²) in [6.07, 6.45) is 1.47. The third-order valence-electron chi connectivity index (χ3n) is 6.75. The van der Waals surface area contributed by atoms with Crippen molar-refractivity contribution in [1.82, 2.24) is 9.66 Å². The second-order valence-corrected chi connectivity index (χ2v) is 10.5. The number of fused-ring (bicyclic) bond motifs is 2. The number of nitrogens with zero attached hydrogens (tertiary/aromatic N) is 3. The fraction of sp³-hybridized carbons (Fsp3) is 0.0909. The van der Waals surface area contributed by atoms with Crippen molar-refractivity contribution in [2.45, 2.75) is 0 Å². The van der Waals surface area contributed by atoms with E-state index >= 15 is 0 Å². The van der Waals surface area contributed by atoms with E-state index in [0.717, 1.165) is 5.39 Å². The average molecular weight is 671 g/mol. The number of carbonyl (C=O) groups excluding carboxylic acids is 1. The van der Waals surface area contributed by atoms with Crippen molar-refractivity contribution in [1.29, 1.82) is 0 Å². The number of hydrogen-bond acceptors (Lipinski definition) is 8. The molecule has 226 valence electrons. The molecule has 4 aromatic carbocycles. The van der Waals surface area contributed by atoms with E-state index in [1.165, 1.54) is 36.2 Å². The molecule has 0 spiro atoms. The smallest absolute Gasteiger partial charge is 0.282 e. The number of anilines is 1. The van der Waals surface area contributed by atoms with Crippen LogP contribution in [0, 0.1) is 5.82 Å². The summed E-state index contributed by atoms with van der Waals surface area (Å²) in [5.41, 5.74) is 1.52. The Kier molecular flexibility index (Phi) is 8.30. The largest absolute Gasteiger partial charge is 0.496 e. The Morgan fingerprint density at radius 1 is 1.00 bits per heavy atom. The second-order valence-electron chi connectivity index (χ2n) is 9.68. The Bertz CT molecular complexity index is 2160. The van der Waals surface area contributed by atoms with E-state index < -0.39 is 17.3 Å². The Morgan fingerprint density at radius 3 is 2.60 bits per heavy atom. The topological polar surface area (TPSA) is 117 Å². The number of aromatic nitrogens is 2. The lowest BCUT2D eigenvalue weighted by Crippen LogP contribution is -2.20. The van der Waals surface area contributed by atoms with Crippen molar-refractivity contribution >= 4 is 55.6 Å². The zero-order valence-electron chi connectivity index (χ0n) is 23.9. The van der Waals surface area contributed by atoms with Crippen LogP contribution in [0.4, 0.5) is 10.1 Å². The highest BCUT2D eigenvalue weighted by Crippen LogP contribution is 2.37. The molecular weight excluding hydrogens is 647 g/mol. The molecule has 0 unspecified atom stereocenters. The zero-order chi connectivity index (χ0) is 31.5. The van der Waals surface area contributed by atoms with Crippen molar-refractivity contribution in [2.24, 2.45) is 5.10 Å². The summed E-state index contributed by atoms with van der Waals surface area (Å²) in [6.45, 7) is -0.358. The Morgan fingerprint density at radius 2 is 1.80 bits per heavy atom. The molecule has 0 bridgehead atoms. The zero-order valence-corrected chi connectivity index (χ0v) is 25.5. The minimum Gasteiger partial charge on any atom is -0.496 e. The Balaban J connectivity index is 1.33. The molecule has 10 nitrogen and oxygen atoms in total. The molecule has 12 heteroatoms. The van der Waals surface area contributed by atoms with E-state index in [1.807, 2.05) is 12.1 Å². The summed E-state index contributed by atoms with van der Waals surface area (Å²) in [5.74, 6) is 0.757. The van der Waals surface area contributed by atoms with E-state index in [0.29, 0.717) is 49.5 Å². The molecule has 0 atom stereocenters. The molecule has 0 aliphatic rings. The maximum atomic E-state index is 13.7. The van der Waals surface area contributed by atoms with Gasteiger partial charge in [0.05, 0.1) is 41.2 Å². The molecular formula is C33H24BrFN4O6. The fourth-order valence-corrected chi connectivity index (χ4v) is 5.27. The SMILES string of the molecule is COc1cc(C=Nn2c(-c3cc4c(OC)cccc4o3)nc3ccccc3c2=O)cc(Br)c1OCC(=O)Nc1cccc(F)c1. The Labute approximate surface area is 263 Å². The predicted octanol–water partition coefficient (Wildman–Crippen LogP) is 6.63. The summed E-state index contributed by atoms with van der Waals surface area (Å²) in [5, 5.41) is 8.18. The van der Waals surface area contributed by atoms with Gasteiger partial charge < -0.3 is 23.9 Å². The van der Waals surface area contributed by atoms with Crippen LogP contribution >= 0.6 is 15.9 Å². The maximum Gasteiger partial charge on any atom is 0.282 e. The molecule has 45 heavy (non-hydrogen) atoms. The van der Waals surface area contributed by atoms with Gasteiger partial charge in [-0.25, -0.2) is 9.37 Å². The van der Waals surface area contributed by atoms with Crippen LogP contribution in [-0.2, 0) is 4.79 Å². The van der Waals surface area contributed by atoms with Crippen LogP contribution in [-0.4, -0.2) is 42.6 Å². The first-order valence-corrected chi connectivity index (χ1v) is 14.3. The predicted molar refractivity (Wildman–Crippen MR) is 172 cm³/mol. The number of para-hydroxylation sites is 1. The molecule has 6 aromatic rings. The highest BCUT2D eigenvalue weighted by atomic mass is 79.9. The van der Waals surface area contributed by atoms with Crippen LogP contribution in [0.5, 0.6) is 17.2 Å².